The summed E-state index contributed by atoms with van der Waals surface area (Å²) in [6.45, 7) is 4.14. The normalized spacial score (nSPS) is 20.7. The molecular weight excluding hydrogens is 420 g/mol. The van der Waals surface area contributed by atoms with Crippen molar-refractivity contribution < 1.29 is 13.5 Å². The Morgan fingerprint density at radius 1 is 1.20 bits per heavy atom. The summed E-state index contributed by atoms with van der Waals surface area (Å²) in [6.07, 6.45) is 4.44. The van der Waals surface area contributed by atoms with Crippen LogP contribution in [0, 0.1) is 0 Å². The fourth-order valence-electron chi connectivity index (χ4n) is 4.49. The summed E-state index contributed by atoms with van der Waals surface area (Å²) in [6, 6.07) is 13.4. The number of rotatable bonds is 5. The molecular formula is C23H27ClN2O3S. The van der Waals surface area contributed by atoms with Crippen molar-refractivity contribution in [2.24, 2.45) is 0 Å². The second kappa shape index (κ2) is 8.35. The Kier molecular flexibility index (Phi) is 5.95. The van der Waals surface area contributed by atoms with Crippen LogP contribution in [0.4, 0.5) is 5.69 Å². The number of anilines is 1. The van der Waals surface area contributed by atoms with Gasteiger partial charge in [-0.05, 0) is 60.2 Å². The van der Waals surface area contributed by atoms with Gasteiger partial charge in [0.15, 0.2) is 0 Å². The first-order valence-electron chi connectivity index (χ1n) is 10.2. The van der Waals surface area contributed by atoms with E-state index >= 15 is 0 Å². The van der Waals surface area contributed by atoms with E-state index in [-0.39, 0.29) is 6.04 Å². The van der Waals surface area contributed by atoms with Crippen molar-refractivity contribution >= 4 is 32.9 Å². The average molecular weight is 447 g/mol. The highest BCUT2D eigenvalue weighted by atomic mass is 35.5. The molecule has 0 bridgehead atoms. The minimum atomic E-state index is -3.30. The van der Waals surface area contributed by atoms with Gasteiger partial charge in [0.05, 0.1) is 18.0 Å². The molecule has 0 fully saturated rings. The van der Waals surface area contributed by atoms with Gasteiger partial charge in [0.25, 0.3) is 0 Å². The quantitative estimate of drug-likeness (QED) is 0.757. The minimum absolute atomic E-state index is 0.0964. The van der Waals surface area contributed by atoms with Gasteiger partial charge in [-0.3, -0.25) is 9.21 Å². The molecule has 30 heavy (non-hydrogen) atoms. The number of aliphatic hydroxyl groups is 1. The van der Waals surface area contributed by atoms with Crippen molar-refractivity contribution in [1.29, 1.82) is 0 Å². The SMILES string of the molecule is C[C@@H]1Cc2cc([C@H](O)CN3CC=C(c4ccc(Cl)cc4)CC3)ccc2N1S(C)(=O)=O. The van der Waals surface area contributed by atoms with Crippen LogP contribution in [0.1, 0.15) is 36.1 Å². The molecule has 2 atom stereocenters. The molecule has 2 aliphatic heterocycles. The molecule has 0 saturated carbocycles. The monoisotopic (exact) mass is 446 g/mol. The van der Waals surface area contributed by atoms with Crippen LogP contribution in [0.5, 0.6) is 0 Å². The van der Waals surface area contributed by atoms with E-state index in [9.17, 15) is 13.5 Å². The second-order valence-electron chi connectivity index (χ2n) is 8.26. The third-order valence-electron chi connectivity index (χ3n) is 5.94. The Balaban J connectivity index is 1.42. The molecule has 2 aliphatic rings. The van der Waals surface area contributed by atoms with E-state index in [0.29, 0.717) is 13.0 Å². The highest BCUT2D eigenvalue weighted by molar-refractivity contribution is 7.92. The van der Waals surface area contributed by atoms with E-state index in [2.05, 4.69) is 11.0 Å². The summed E-state index contributed by atoms with van der Waals surface area (Å²) in [4.78, 5) is 2.24. The van der Waals surface area contributed by atoms with E-state index in [1.807, 2.05) is 49.4 Å². The van der Waals surface area contributed by atoms with Crippen LogP contribution in [0.3, 0.4) is 0 Å². The summed E-state index contributed by atoms with van der Waals surface area (Å²) < 4.78 is 25.7. The lowest BCUT2D eigenvalue weighted by Crippen LogP contribution is -2.34. The van der Waals surface area contributed by atoms with Crippen molar-refractivity contribution in [3.8, 4) is 0 Å². The molecule has 0 unspecified atom stereocenters. The summed E-state index contributed by atoms with van der Waals surface area (Å²) >= 11 is 5.97. The maximum atomic E-state index is 12.1. The molecule has 2 aromatic carbocycles. The van der Waals surface area contributed by atoms with Crippen molar-refractivity contribution in [2.45, 2.75) is 31.9 Å². The first-order chi connectivity index (χ1) is 14.2. The van der Waals surface area contributed by atoms with Crippen LogP contribution < -0.4 is 4.31 Å². The number of hydrogen-bond acceptors (Lipinski definition) is 4. The Morgan fingerprint density at radius 2 is 1.93 bits per heavy atom. The Hall–Kier alpha value is -1.86. The van der Waals surface area contributed by atoms with Crippen LogP contribution in [-0.4, -0.2) is 50.4 Å². The highest BCUT2D eigenvalue weighted by Gasteiger charge is 2.33. The molecule has 0 saturated heterocycles. The fraction of sp³-hybridized carbons (Fsp3) is 0.391. The number of nitrogens with zero attached hydrogens (tertiary/aromatic N) is 2. The van der Waals surface area contributed by atoms with Gasteiger partial charge in [0.2, 0.25) is 10.0 Å². The smallest absolute Gasteiger partial charge is 0.232 e. The van der Waals surface area contributed by atoms with Crippen LogP contribution in [-0.2, 0) is 16.4 Å². The van der Waals surface area contributed by atoms with Crippen molar-refractivity contribution in [2.75, 3.05) is 30.2 Å². The number of β-amino-alcohol motifs (C(OH)–C–C–N with tert-alkyl or cyclic N) is 1. The molecule has 160 valence electrons. The minimum Gasteiger partial charge on any atom is -0.387 e. The first kappa shape index (κ1) is 21.4. The highest BCUT2D eigenvalue weighted by Crippen LogP contribution is 2.36. The second-order valence-corrected chi connectivity index (χ2v) is 10.6. The third-order valence-corrected chi connectivity index (χ3v) is 7.46. The van der Waals surface area contributed by atoms with Crippen molar-refractivity contribution in [3.05, 3.63) is 70.3 Å². The molecule has 1 N–H and O–H groups in total. The summed E-state index contributed by atoms with van der Waals surface area (Å²) in [5.41, 5.74) is 5.05. The van der Waals surface area contributed by atoms with Crippen LogP contribution >= 0.6 is 11.6 Å². The van der Waals surface area contributed by atoms with Crippen molar-refractivity contribution in [1.82, 2.24) is 4.90 Å². The van der Waals surface area contributed by atoms with E-state index in [0.717, 1.165) is 41.3 Å². The molecule has 0 spiro atoms. The van der Waals surface area contributed by atoms with Gasteiger partial charge in [-0.25, -0.2) is 8.42 Å². The predicted octanol–water partition coefficient (Wildman–Crippen LogP) is 3.87. The van der Waals surface area contributed by atoms with Gasteiger partial charge in [-0.15, -0.1) is 0 Å². The average Bonchev–Trinajstić information content (AvgIpc) is 3.04. The zero-order valence-corrected chi connectivity index (χ0v) is 18.8. The van der Waals surface area contributed by atoms with E-state index in [1.54, 1.807) is 0 Å². The topological polar surface area (TPSA) is 60.9 Å². The van der Waals surface area contributed by atoms with E-state index < -0.39 is 16.1 Å². The van der Waals surface area contributed by atoms with E-state index in [1.165, 1.54) is 21.7 Å². The van der Waals surface area contributed by atoms with Gasteiger partial charge in [0.1, 0.15) is 0 Å². The largest absolute Gasteiger partial charge is 0.387 e. The fourth-order valence-corrected chi connectivity index (χ4v) is 5.88. The molecule has 4 rings (SSSR count). The lowest BCUT2D eigenvalue weighted by molar-refractivity contribution is 0.119. The van der Waals surface area contributed by atoms with Crippen LogP contribution in [0.2, 0.25) is 5.02 Å². The number of fused-ring (bicyclic) bond motifs is 1. The number of halogens is 1. The lowest BCUT2D eigenvalue weighted by Gasteiger charge is -2.28. The zero-order chi connectivity index (χ0) is 21.5. The molecule has 5 nitrogen and oxygen atoms in total. The first-order valence-corrected chi connectivity index (χ1v) is 12.4. The molecule has 2 heterocycles. The summed E-state index contributed by atoms with van der Waals surface area (Å²) in [5.74, 6) is 0. The number of benzene rings is 2. The summed E-state index contributed by atoms with van der Waals surface area (Å²) in [5, 5.41) is 11.5. The molecule has 2 aromatic rings. The molecule has 0 radical (unpaired) electrons. The Labute approximate surface area is 183 Å². The van der Waals surface area contributed by atoms with Crippen LogP contribution in [0.15, 0.2) is 48.5 Å². The Bertz CT molecular complexity index is 1070. The maximum Gasteiger partial charge on any atom is 0.232 e. The standard InChI is InChI=1S/C23H27ClN2O3S/c1-16-13-20-14-19(5-8-22(20)26(16)30(2,28)29)23(27)15-25-11-9-18(10-12-25)17-3-6-21(24)7-4-17/h3-9,14,16,23,27H,10-13,15H2,1-2H3/t16-,23-/m1/s1. The van der Waals surface area contributed by atoms with Gasteiger partial charge >= 0.3 is 0 Å². The van der Waals surface area contributed by atoms with E-state index in [4.69, 9.17) is 11.6 Å². The number of sulfonamides is 1. The Morgan fingerprint density at radius 3 is 2.57 bits per heavy atom. The van der Waals surface area contributed by atoms with Gasteiger partial charge in [-0.1, -0.05) is 41.9 Å². The summed E-state index contributed by atoms with van der Waals surface area (Å²) in [7, 11) is -3.30. The third kappa shape index (κ3) is 4.42. The maximum absolute atomic E-state index is 12.1. The molecule has 0 amide bonds. The molecule has 0 aromatic heterocycles. The van der Waals surface area contributed by atoms with Gasteiger partial charge in [-0.2, -0.15) is 0 Å². The predicted molar refractivity (Wildman–Crippen MR) is 122 cm³/mol. The number of aliphatic hydroxyl groups excluding tert-OH is 1. The van der Waals surface area contributed by atoms with Crippen molar-refractivity contribution in [3.63, 3.8) is 0 Å². The molecule has 0 aliphatic carbocycles. The molecule has 7 heteroatoms. The zero-order valence-electron chi connectivity index (χ0n) is 17.3. The van der Waals surface area contributed by atoms with Gasteiger partial charge in [0, 0.05) is 30.7 Å². The van der Waals surface area contributed by atoms with Crippen LogP contribution in [0.25, 0.3) is 5.57 Å². The number of hydrogen-bond donors (Lipinski definition) is 1. The lowest BCUT2D eigenvalue weighted by atomic mass is 9.98. The van der Waals surface area contributed by atoms with Gasteiger partial charge < -0.3 is 5.11 Å².